The van der Waals surface area contributed by atoms with E-state index in [0.717, 1.165) is 5.56 Å². The monoisotopic (exact) mass is 208 g/mol. The van der Waals surface area contributed by atoms with Gasteiger partial charge in [-0.25, -0.2) is 0 Å². The highest BCUT2D eigenvalue weighted by molar-refractivity contribution is 5.72. The lowest BCUT2D eigenvalue weighted by atomic mass is 10.0. The van der Waals surface area contributed by atoms with E-state index in [4.69, 9.17) is 9.84 Å². The number of carbonyl (C=O) groups excluding carboxylic acids is 1. The molecule has 0 spiro atoms. The molecular formula is C12H16O3. The lowest BCUT2D eigenvalue weighted by Gasteiger charge is -2.10. The van der Waals surface area contributed by atoms with Crippen LogP contribution in [0.2, 0.25) is 0 Å². The van der Waals surface area contributed by atoms with Crippen LogP contribution in [-0.2, 0) is 16.0 Å². The van der Waals surface area contributed by atoms with E-state index >= 15 is 0 Å². The molecule has 0 aliphatic heterocycles. The topological polar surface area (TPSA) is 46.5 Å². The average molecular weight is 208 g/mol. The fourth-order valence-corrected chi connectivity index (χ4v) is 1.34. The Bertz CT molecular complexity index is 295. The van der Waals surface area contributed by atoms with Gasteiger partial charge in [0.2, 0.25) is 0 Å². The molecule has 1 rings (SSSR count). The summed E-state index contributed by atoms with van der Waals surface area (Å²) in [5.74, 6) is -0.424. The molecule has 0 radical (unpaired) electrons. The Labute approximate surface area is 89.7 Å². The Morgan fingerprint density at radius 3 is 2.67 bits per heavy atom. The van der Waals surface area contributed by atoms with Crippen molar-refractivity contribution in [3.63, 3.8) is 0 Å². The van der Waals surface area contributed by atoms with Crippen LogP contribution in [0.5, 0.6) is 0 Å². The van der Waals surface area contributed by atoms with E-state index in [-0.39, 0.29) is 25.1 Å². The van der Waals surface area contributed by atoms with E-state index in [2.05, 4.69) is 0 Å². The van der Waals surface area contributed by atoms with Crippen LogP contribution in [0.25, 0.3) is 0 Å². The lowest BCUT2D eigenvalue weighted by molar-refractivity contribution is -0.148. The molecule has 0 aromatic heterocycles. The van der Waals surface area contributed by atoms with Gasteiger partial charge in [0.05, 0.1) is 12.5 Å². The molecule has 0 heterocycles. The zero-order chi connectivity index (χ0) is 11.1. The van der Waals surface area contributed by atoms with Gasteiger partial charge < -0.3 is 9.84 Å². The normalized spacial score (nSPS) is 12.1. The third-order valence-corrected chi connectivity index (χ3v) is 2.12. The molecule has 0 amide bonds. The highest BCUT2D eigenvalue weighted by Crippen LogP contribution is 2.09. The molecule has 3 nitrogen and oxygen atoms in total. The first-order valence-electron chi connectivity index (χ1n) is 5.05. The van der Waals surface area contributed by atoms with Crippen LogP contribution in [-0.4, -0.2) is 24.3 Å². The van der Waals surface area contributed by atoms with Gasteiger partial charge in [0, 0.05) is 0 Å². The molecule has 1 atom stereocenters. The van der Waals surface area contributed by atoms with Gasteiger partial charge in [0.25, 0.3) is 0 Å². The van der Waals surface area contributed by atoms with Crippen molar-refractivity contribution in [2.75, 3.05) is 13.2 Å². The minimum Gasteiger partial charge on any atom is -0.463 e. The number of aliphatic hydroxyl groups excluding tert-OH is 1. The Morgan fingerprint density at radius 1 is 1.40 bits per heavy atom. The molecule has 1 aromatic carbocycles. The van der Waals surface area contributed by atoms with Crippen LogP contribution in [0.1, 0.15) is 12.5 Å². The number of rotatable bonds is 5. The smallest absolute Gasteiger partial charge is 0.309 e. The third kappa shape index (κ3) is 4.13. The van der Waals surface area contributed by atoms with Crippen molar-refractivity contribution >= 4 is 5.97 Å². The van der Waals surface area contributed by atoms with Crippen LogP contribution in [0.4, 0.5) is 0 Å². The van der Waals surface area contributed by atoms with Crippen molar-refractivity contribution in [1.82, 2.24) is 0 Å². The first kappa shape index (κ1) is 11.7. The Morgan fingerprint density at radius 2 is 2.07 bits per heavy atom. The maximum Gasteiger partial charge on any atom is 0.309 e. The van der Waals surface area contributed by atoms with Crippen LogP contribution in [0, 0.1) is 5.92 Å². The molecule has 1 N–H and O–H groups in total. The quantitative estimate of drug-likeness (QED) is 0.744. The maximum atomic E-state index is 11.4. The molecule has 1 aromatic rings. The van der Waals surface area contributed by atoms with Gasteiger partial charge in [-0.05, 0) is 12.0 Å². The zero-order valence-corrected chi connectivity index (χ0v) is 8.85. The largest absolute Gasteiger partial charge is 0.463 e. The summed E-state index contributed by atoms with van der Waals surface area (Å²) in [5, 5.41) is 8.51. The van der Waals surface area contributed by atoms with Gasteiger partial charge in [-0.15, -0.1) is 0 Å². The average Bonchev–Trinajstić information content (AvgIpc) is 2.27. The van der Waals surface area contributed by atoms with Crippen molar-refractivity contribution in [2.45, 2.75) is 13.3 Å². The van der Waals surface area contributed by atoms with Crippen molar-refractivity contribution in [3.8, 4) is 0 Å². The minimum atomic E-state index is -0.257. The number of hydrogen-bond acceptors (Lipinski definition) is 3. The fraction of sp³-hybridized carbons (Fsp3) is 0.417. The molecule has 0 saturated carbocycles. The standard InChI is InChI=1S/C12H16O3/c1-10(12(14)15-8-7-13)9-11-5-3-2-4-6-11/h2-6,10,13H,7-9H2,1H3. The van der Waals surface area contributed by atoms with Gasteiger partial charge in [0.1, 0.15) is 6.61 Å². The van der Waals surface area contributed by atoms with Crippen molar-refractivity contribution in [1.29, 1.82) is 0 Å². The Balaban J connectivity index is 2.41. The number of ether oxygens (including phenoxy) is 1. The molecule has 0 fully saturated rings. The second-order valence-electron chi connectivity index (χ2n) is 3.48. The summed E-state index contributed by atoms with van der Waals surface area (Å²) in [6, 6.07) is 9.80. The van der Waals surface area contributed by atoms with E-state index in [1.807, 2.05) is 37.3 Å². The van der Waals surface area contributed by atoms with Gasteiger partial charge in [-0.3, -0.25) is 4.79 Å². The van der Waals surface area contributed by atoms with Crippen LogP contribution >= 0.6 is 0 Å². The first-order valence-corrected chi connectivity index (χ1v) is 5.05. The predicted octanol–water partition coefficient (Wildman–Crippen LogP) is 1.40. The van der Waals surface area contributed by atoms with Gasteiger partial charge in [-0.2, -0.15) is 0 Å². The molecule has 0 saturated heterocycles. The molecule has 1 unspecified atom stereocenters. The summed E-state index contributed by atoms with van der Waals surface area (Å²) in [4.78, 5) is 11.4. The number of esters is 1. The zero-order valence-electron chi connectivity index (χ0n) is 8.85. The summed E-state index contributed by atoms with van der Waals surface area (Å²) >= 11 is 0. The number of carbonyl (C=O) groups is 1. The predicted molar refractivity (Wildman–Crippen MR) is 57.4 cm³/mol. The molecule has 3 heteroatoms. The van der Waals surface area contributed by atoms with E-state index in [0.29, 0.717) is 6.42 Å². The van der Waals surface area contributed by atoms with E-state index in [1.54, 1.807) is 0 Å². The van der Waals surface area contributed by atoms with Crippen molar-refractivity contribution in [3.05, 3.63) is 35.9 Å². The van der Waals surface area contributed by atoms with Crippen LogP contribution in [0.3, 0.4) is 0 Å². The lowest BCUT2D eigenvalue weighted by Crippen LogP contribution is -2.18. The van der Waals surface area contributed by atoms with E-state index < -0.39 is 0 Å². The summed E-state index contributed by atoms with van der Waals surface area (Å²) in [6.07, 6.45) is 0.672. The number of hydrogen-bond donors (Lipinski definition) is 1. The van der Waals surface area contributed by atoms with Gasteiger partial charge >= 0.3 is 5.97 Å². The summed E-state index contributed by atoms with van der Waals surface area (Å²) < 4.78 is 4.84. The first-order chi connectivity index (χ1) is 7.24. The van der Waals surface area contributed by atoms with Crippen LogP contribution < -0.4 is 0 Å². The fourth-order valence-electron chi connectivity index (χ4n) is 1.34. The molecular weight excluding hydrogens is 192 g/mol. The van der Waals surface area contributed by atoms with Gasteiger partial charge in [-0.1, -0.05) is 37.3 Å². The third-order valence-electron chi connectivity index (χ3n) is 2.12. The number of aliphatic hydroxyl groups is 1. The van der Waals surface area contributed by atoms with Gasteiger partial charge in [0.15, 0.2) is 0 Å². The number of benzene rings is 1. The molecule has 0 aliphatic rings. The highest BCUT2D eigenvalue weighted by Gasteiger charge is 2.14. The van der Waals surface area contributed by atoms with Crippen molar-refractivity contribution in [2.24, 2.45) is 5.92 Å². The molecule has 0 bridgehead atoms. The minimum absolute atomic E-state index is 0.0813. The molecule has 82 valence electrons. The summed E-state index contributed by atoms with van der Waals surface area (Å²) in [6.45, 7) is 1.79. The summed E-state index contributed by atoms with van der Waals surface area (Å²) in [7, 11) is 0. The van der Waals surface area contributed by atoms with Crippen molar-refractivity contribution < 1.29 is 14.6 Å². The Kier molecular flexibility index (Phi) is 4.84. The maximum absolute atomic E-state index is 11.4. The SMILES string of the molecule is CC(Cc1ccccc1)C(=O)OCCO. The summed E-state index contributed by atoms with van der Waals surface area (Å²) in [5.41, 5.74) is 1.12. The van der Waals surface area contributed by atoms with Crippen LogP contribution in [0.15, 0.2) is 30.3 Å². The second kappa shape index (κ2) is 6.19. The highest BCUT2D eigenvalue weighted by atomic mass is 16.5. The Hall–Kier alpha value is -1.35. The van der Waals surface area contributed by atoms with E-state index in [1.165, 1.54) is 0 Å². The molecule has 0 aliphatic carbocycles. The van der Waals surface area contributed by atoms with E-state index in [9.17, 15) is 4.79 Å². The molecule has 15 heavy (non-hydrogen) atoms. The second-order valence-corrected chi connectivity index (χ2v) is 3.48.